The lowest BCUT2D eigenvalue weighted by Gasteiger charge is -2.32. The third-order valence-corrected chi connectivity index (χ3v) is 7.24. The first kappa shape index (κ1) is 25.2. The fourth-order valence-corrected chi connectivity index (χ4v) is 5.42. The summed E-state index contributed by atoms with van der Waals surface area (Å²) in [5.41, 5.74) is 3.17. The summed E-state index contributed by atoms with van der Waals surface area (Å²) in [6.07, 6.45) is 17.9. The highest BCUT2D eigenvalue weighted by molar-refractivity contribution is 5.15. The second-order valence-corrected chi connectivity index (χ2v) is 10.6. The molecule has 4 nitrogen and oxygen atoms in total. The molecule has 0 saturated carbocycles. The maximum Gasteiger partial charge on any atom is 0.108 e. The average molecular weight is 443 g/mol. The maximum absolute atomic E-state index is 6.32. The smallest absolute Gasteiger partial charge is 0.108 e. The van der Waals surface area contributed by atoms with Crippen molar-refractivity contribution in [2.45, 2.75) is 124 Å². The van der Waals surface area contributed by atoms with Gasteiger partial charge in [0.1, 0.15) is 5.82 Å². The van der Waals surface area contributed by atoms with Crippen molar-refractivity contribution in [1.82, 2.24) is 9.55 Å². The highest BCUT2D eigenvalue weighted by atomic mass is 16.5. The normalized spacial score (nSPS) is 28.4. The minimum Gasteiger partial charge on any atom is -0.371 e. The molecular weight excluding hydrogens is 396 g/mol. The zero-order valence-corrected chi connectivity index (χ0v) is 21.5. The standard InChI is InChI=1S/C28H46N2O2/c1-19(2)30-14-13-29-28(30)10-8-9-20(3)26-17-24(7)32-27(18-26)12-11-21(4)25-15-22(5)31-23(6)16-25/h13-15,18-24,27H,8-12,16-17H2,1-7H3/t20?,21?,22-,23+,24?,27?/m0/s1. The van der Waals surface area contributed by atoms with E-state index in [0.29, 0.717) is 30.1 Å². The summed E-state index contributed by atoms with van der Waals surface area (Å²) >= 11 is 0. The van der Waals surface area contributed by atoms with Crippen molar-refractivity contribution in [3.63, 3.8) is 0 Å². The molecule has 2 aliphatic heterocycles. The first-order chi connectivity index (χ1) is 15.2. The molecule has 0 aliphatic carbocycles. The average Bonchev–Trinajstić information content (AvgIpc) is 3.19. The Hall–Kier alpha value is -1.39. The predicted octanol–water partition coefficient (Wildman–Crippen LogP) is 7.07. The van der Waals surface area contributed by atoms with Crippen LogP contribution in [0.5, 0.6) is 0 Å². The van der Waals surface area contributed by atoms with Gasteiger partial charge in [0.2, 0.25) is 0 Å². The third kappa shape index (κ3) is 7.05. The van der Waals surface area contributed by atoms with Gasteiger partial charge in [-0.25, -0.2) is 4.98 Å². The van der Waals surface area contributed by atoms with Crippen molar-refractivity contribution >= 4 is 0 Å². The molecule has 0 radical (unpaired) electrons. The van der Waals surface area contributed by atoms with Gasteiger partial charge < -0.3 is 14.0 Å². The van der Waals surface area contributed by atoms with E-state index >= 15 is 0 Å². The molecule has 32 heavy (non-hydrogen) atoms. The Bertz CT molecular complexity index is 778. The Labute approximate surface area is 196 Å². The van der Waals surface area contributed by atoms with Gasteiger partial charge in [0.15, 0.2) is 0 Å². The lowest BCUT2D eigenvalue weighted by atomic mass is 9.85. The van der Waals surface area contributed by atoms with Gasteiger partial charge in [-0.05, 0) is 85.0 Å². The Kier molecular flexibility index (Phi) is 9.19. The number of ether oxygens (including phenoxy) is 2. The monoisotopic (exact) mass is 442 g/mol. The summed E-state index contributed by atoms with van der Waals surface area (Å²) < 4.78 is 14.5. The molecule has 3 rings (SSSR count). The van der Waals surface area contributed by atoms with Crippen LogP contribution in [-0.4, -0.2) is 34.0 Å². The van der Waals surface area contributed by atoms with E-state index in [1.54, 1.807) is 11.1 Å². The van der Waals surface area contributed by atoms with Crippen molar-refractivity contribution in [3.8, 4) is 0 Å². The zero-order valence-electron chi connectivity index (χ0n) is 21.5. The van der Waals surface area contributed by atoms with Crippen molar-refractivity contribution in [1.29, 1.82) is 0 Å². The number of nitrogens with zero attached hydrogens (tertiary/aromatic N) is 2. The third-order valence-electron chi connectivity index (χ3n) is 7.24. The van der Waals surface area contributed by atoms with Crippen LogP contribution in [0.1, 0.15) is 98.9 Å². The van der Waals surface area contributed by atoms with E-state index in [1.165, 1.54) is 25.1 Å². The molecule has 180 valence electrons. The quantitative estimate of drug-likeness (QED) is 0.364. The molecule has 0 spiro atoms. The maximum atomic E-state index is 6.32. The first-order valence-electron chi connectivity index (χ1n) is 13.0. The molecule has 6 atom stereocenters. The molecule has 0 amide bonds. The lowest BCUT2D eigenvalue weighted by Crippen LogP contribution is -2.27. The van der Waals surface area contributed by atoms with Crippen LogP contribution in [0.4, 0.5) is 0 Å². The molecule has 4 unspecified atom stereocenters. The van der Waals surface area contributed by atoms with E-state index in [0.717, 1.165) is 25.7 Å². The molecule has 1 aromatic rings. The summed E-state index contributed by atoms with van der Waals surface area (Å²) in [5, 5.41) is 0. The van der Waals surface area contributed by atoms with Gasteiger partial charge in [-0.3, -0.25) is 0 Å². The van der Waals surface area contributed by atoms with Crippen LogP contribution < -0.4 is 0 Å². The second-order valence-electron chi connectivity index (χ2n) is 10.6. The van der Waals surface area contributed by atoms with Gasteiger partial charge in [-0.2, -0.15) is 0 Å². The fraction of sp³-hybridized carbons (Fsp3) is 0.750. The zero-order chi connectivity index (χ0) is 23.3. The predicted molar refractivity (Wildman–Crippen MR) is 133 cm³/mol. The van der Waals surface area contributed by atoms with Gasteiger partial charge >= 0.3 is 0 Å². The van der Waals surface area contributed by atoms with Gasteiger partial charge in [-0.1, -0.05) is 37.1 Å². The van der Waals surface area contributed by atoms with Gasteiger partial charge in [-0.15, -0.1) is 0 Å². The van der Waals surface area contributed by atoms with E-state index in [2.05, 4.69) is 76.4 Å². The Morgan fingerprint density at radius 1 is 0.938 bits per heavy atom. The molecule has 4 heteroatoms. The molecule has 0 bridgehead atoms. The van der Waals surface area contributed by atoms with Crippen LogP contribution in [0.3, 0.4) is 0 Å². The lowest BCUT2D eigenvalue weighted by molar-refractivity contribution is 0.00448. The van der Waals surface area contributed by atoms with Crippen LogP contribution in [-0.2, 0) is 15.9 Å². The number of rotatable bonds is 10. The summed E-state index contributed by atoms with van der Waals surface area (Å²) in [6, 6.07) is 0.482. The first-order valence-corrected chi connectivity index (χ1v) is 13.0. The Morgan fingerprint density at radius 3 is 2.28 bits per heavy atom. The number of aryl methyl sites for hydroxylation is 1. The van der Waals surface area contributed by atoms with Crippen molar-refractivity contribution in [2.75, 3.05) is 0 Å². The van der Waals surface area contributed by atoms with Gasteiger partial charge in [0, 0.05) is 24.9 Å². The Morgan fingerprint density at radius 2 is 1.59 bits per heavy atom. The van der Waals surface area contributed by atoms with E-state index < -0.39 is 0 Å². The van der Waals surface area contributed by atoms with Crippen LogP contribution in [0.2, 0.25) is 0 Å². The van der Waals surface area contributed by atoms with E-state index in [9.17, 15) is 0 Å². The summed E-state index contributed by atoms with van der Waals surface area (Å²) in [6.45, 7) is 15.8. The number of hydrogen-bond donors (Lipinski definition) is 0. The van der Waals surface area contributed by atoms with Crippen LogP contribution >= 0.6 is 0 Å². The summed E-state index contributed by atoms with van der Waals surface area (Å²) in [4.78, 5) is 4.58. The highest BCUT2D eigenvalue weighted by Gasteiger charge is 2.25. The second kappa shape index (κ2) is 11.7. The molecule has 0 saturated heterocycles. The van der Waals surface area contributed by atoms with Crippen molar-refractivity contribution in [2.24, 2.45) is 11.8 Å². The number of imidazole rings is 1. The molecular formula is C28H46N2O2. The van der Waals surface area contributed by atoms with E-state index in [4.69, 9.17) is 9.47 Å². The molecule has 0 N–H and O–H groups in total. The topological polar surface area (TPSA) is 36.3 Å². The van der Waals surface area contributed by atoms with Crippen molar-refractivity contribution in [3.05, 3.63) is 41.5 Å². The van der Waals surface area contributed by atoms with E-state index in [1.807, 2.05) is 6.20 Å². The molecule has 0 aromatic carbocycles. The minimum atomic E-state index is 0.244. The summed E-state index contributed by atoms with van der Waals surface area (Å²) in [5.74, 6) is 2.44. The minimum absolute atomic E-state index is 0.244. The van der Waals surface area contributed by atoms with Crippen LogP contribution in [0, 0.1) is 11.8 Å². The van der Waals surface area contributed by atoms with E-state index in [-0.39, 0.29) is 12.2 Å². The number of aromatic nitrogens is 2. The Balaban J connectivity index is 1.50. The van der Waals surface area contributed by atoms with Crippen molar-refractivity contribution < 1.29 is 9.47 Å². The SMILES string of the molecule is CC1CC(C(C)CCCc2nccn2C(C)C)=CC(CCC(C)C2=C[C@H](C)O[C@H](C)C2)O1. The van der Waals surface area contributed by atoms with Crippen LogP contribution in [0.25, 0.3) is 0 Å². The molecule has 1 aromatic heterocycles. The summed E-state index contributed by atoms with van der Waals surface area (Å²) in [7, 11) is 0. The largest absolute Gasteiger partial charge is 0.371 e. The highest BCUT2D eigenvalue weighted by Crippen LogP contribution is 2.32. The molecule has 0 fully saturated rings. The molecule has 3 heterocycles. The van der Waals surface area contributed by atoms with Gasteiger partial charge in [0.05, 0.1) is 24.4 Å². The van der Waals surface area contributed by atoms with Gasteiger partial charge in [0.25, 0.3) is 0 Å². The fourth-order valence-electron chi connectivity index (χ4n) is 5.42. The molecule has 2 aliphatic rings. The number of hydrogen-bond acceptors (Lipinski definition) is 3. The van der Waals surface area contributed by atoms with Crippen LogP contribution in [0.15, 0.2) is 35.7 Å².